The maximum atomic E-state index is 13.8. The molecule has 1 aromatic rings. The molecule has 1 rings (SSSR count). The van der Waals surface area contributed by atoms with Crippen LogP contribution in [-0.2, 0) is 9.53 Å². The van der Waals surface area contributed by atoms with Crippen LogP contribution >= 0.6 is 15.9 Å². The van der Waals surface area contributed by atoms with Crippen LogP contribution in [0.3, 0.4) is 0 Å². The molecule has 0 unspecified atom stereocenters. The molecule has 100 valence electrons. The maximum absolute atomic E-state index is 13.8. The second-order valence-corrected chi connectivity index (χ2v) is 5.34. The van der Waals surface area contributed by atoms with E-state index in [1.54, 1.807) is 0 Å². The molecule has 0 radical (unpaired) electrons. The predicted octanol–water partition coefficient (Wildman–Crippen LogP) is 2.49. The van der Waals surface area contributed by atoms with Gasteiger partial charge < -0.3 is 15.6 Å². The standard InChI is InChI=1S/C12H15BrFNO3/c1-12(2,11(17)18-3)10(15)8-7(14)5-4-6(13)9(8)16/h4-5,10,16H,15H2,1-3H3/t10-/m0/s1. The van der Waals surface area contributed by atoms with Crippen LogP contribution in [0, 0.1) is 11.2 Å². The number of esters is 1. The van der Waals surface area contributed by atoms with Crippen molar-refractivity contribution >= 4 is 21.9 Å². The molecule has 0 aliphatic rings. The zero-order valence-electron chi connectivity index (χ0n) is 10.3. The van der Waals surface area contributed by atoms with Crippen molar-refractivity contribution in [2.45, 2.75) is 19.9 Å². The van der Waals surface area contributed by atoms with Gasteiger partial charge in [-0.2, -0.15) is 0 Å². The monoisotopic (exact) mass is 319 g/mol. The van der Waals surface area contributed by atoms with Gasteiger partial charge in [0.15, 0.2) is 0 Å². The van der Waals surface area contributed by atoms with Crippen molar-refractivity contribution < 1.29 is 19.0 Å². The van der Waals surface area contributed by atoms with Crippen LogP contribution in [0.4, 0.5) is 4.39 Å². The number of aromatic hydroxyl groups is 1. The molecule has 0 bridgehead atoms. The Kier molecular flexibility index (Phi) is 4.34. The fourth-order valence-corrected chi connectivity index (χ4v) is 1.95. The second kappa shape index (κ2) is 5.24. The second-order valence-electron chi connectivity index (χ2n) is 4.48. The quantitative estimate of drug-likeness (QED) is 0.839. The lowest BCUT2D eigenvalue weighted by atomic mass is 9.80. The van der Waals surface area contributed by atoms with Gasteiger partial charge in [0.2, 0.25) is 0 Å². The molecular weight excluding hydrogens is 305 g/mol. The van der Waals surface area contributed by atoms with E-state index in [0.717, 1.165) is 0 Å². The van der Waals surface area contributed by atoms with Gasteiger partial charge in [-0.25, -0.2) is 4.39 Å². The number of ether oxygens (including phenoxy) is 1. The van der Waals surface area contributed by atoms with Crippen molar-refractivity contribution in [1.29, 1.82) is 0 Å². The maximum Gasteiger partial charge on any atom is 0.313 e. The fourth-order valence-electron chi connectivity index (χ4n) is 1.60. The summed E-state index contributed by atoms with van der Waals surface area (Å²) in [6.07, 6.45) is 0. The Morgan fingerprint density at radius 2 is 2.11 bits per heavy atom. The number of phenolic OH excluding ortho intramolecular Hbond substituents is 1. The third-order valence-electron chi connectivity index (χ3n) is 2.91. The summed E-state index contributed by atoms with van der Waals surface area (Å²) < 4.78 is 18.7. The SMILES string of the molecule is COC(=O)C(C)(C)[C@@H](N)c1c(F)ccc(Br)c1O. The summed E-state index contributed by atoms with van der Waals surface area (Å²) in [4.78, 5) is 11.6. The van der Waals surface area contributed by atoms with Crippen molar-refractivity contribution in [3.8, 4) is 5.75 Å². The van der Waals surface area contributed by atoms with Gasteiger partial charge in [0.25, 0.3) is 0 Å². The molecule has 18 heavy (non-hydrogen) atoms. The molecule has 0 heterocycles. The first-order chi connectivity index (χ1) is 8.23. The predicted molar refractivity (Wildman–Crippen MR) is 68.5 cm³/mol. The minimum absolute atomic E-state index is 0.111. The Labute approximate surface area is 113 Å². The summed E-state index contributed by atoms with van der Waals surface area (Å²) >= 11 is 3.08. The van der Waals surface area contributed by atoms with E-state index >= 15 is 0 Å². The Balaban J connectivity index is 3.31. The Bertz CT molecular complexity index is 477. The topological polar surface area (TPSA) is 72.5 Å². The molecule has 0 saturated heterocycles. The number of hydrogen-bond acceptors (Lipinski definition) is 4. The normalized spacial score (nSPS) is 13.2. The van der Waals surface area contributed by atoms with Crippen molar-refractivity contribution in [3.63, 3.8) is 0 Å². The molecule has 0 aromatic heterocycles. The van der Waals surface area contributed by atoms with E-state index in [1.807, 2.05) is 0 Å². The summed E-state index contributed by atoms with van der Waals surface area (Å²) in [6, 6.07) is 1.51. The van der Waals surface area contributed by atoms with Gasteiger partial charge in [-0.3, -0.25) is 4.79 Å². The molecule has 3 N–H and O–H groups in total. The molecule has 0 saturated carbocycles. The van der Waals surface area contributed by atoms with Crippen LogP contribution in [0.15, 0.2) is 16.6 Å². The van der Waals surface area contributed by atoms with E-state index in [0.29, 0.717) is 4.47 Å². The van der Waals surface area contributed by atoms with Crippen LogP contribution in [0.2, 0.25) is 0 Å². The summed E-state index contributed by atoms with van der Waals surface area (Å²) in [5.74, 6) is -1.55. The average molecular weight is 320 g/mol. The molecule has 0 amide bonds. The summed E-state index contributed by atoms with van der Waals surface area (Å²) in [5.41, 5.74) is 4.63. The number of carbonyl (C=O) groups excluding carboxylic acids is 1. The van der Waals surface area contributed by atoms with Gasteiger partial charge in [-0.1, -0.05) is 0 Å². The van der Waals surface area contributed by atoms with E-state index < -0.39 is 23.2 Å². The van der Waals surface area contributed by atoms with E-state index in [1.165, 1.54) is 33.1 Å². The van der Waals surface area contributed by atoms with Crippen LogP contribution in [0.5, 0.6) is 5.75 Å². The fraction of sp³-hybridized carbons (Fsp3) is 0.417. The highest BCUT2D eigenvalue weighted by Gasteiger charge is 2.39. The van der Waals surface area contributed by atoms with Crippen molar-refractivity contribution in [3.05, 3.63) is 28.0 Å². The summed E-state index contributed by atoms with van der Waals surface area (Å²) in [7, 11) is 1.23. The number of hydrogen-bond donors (Lipinski definition) is 2. The summed E-state index contributed by atoms with van der Waals surface area (Å²) in [5, 5.41) is 9.85. The molecule has 0 aliphatic heterocycles. The van der Waals surface area contributed by atoms with Gasteiger partial charge in [0, 0.05) is 5.56 Å². The van der Waals surface area contributed by atoms with Crippen LogP contribution in [-0.4, -0.2) is 18.2 Å². The van der Waals surface area contributed by atoms with E-state index in [4.69, 9.17) is 5.73 Å². The molecule has 1 atom stereocenters. The number of halogens is 2. The minimum atomic E-state index is -1.16. The van der Waals surface area contributed by atoms with Crippen LogP contribution < -0.4 is 5.73 Å². The van der Waals surface area contributed by atoms with Crippen molar-refractivity contribution in [2.24, 2.45) is 11.1 Å². The molecule has 4 nitrogen and oxygen atoms in total. The smallest absolute Gasteiger partial charge is 0.313 e. The highest BCUT2D eigenvalue weighted by Crippen LogP contribution is 2.40. The highest BCUT2D eigenvalue weighted by molar-refractivity contribution is 9.10. The van der Waals surface area contributed by atoms with Crippen molar-refractivity contribution in [2.75, 3.05) is 7.11 Å². The number of carbonyl (C=O) groups is 1. The lowest BCUT2D eigenvalue weighted by Crippen LogP contribution is -2.38. The third-order valence-corrected chi connectivity index (χ3v) is 3.55. The van der Waals surface area contributed by atoms with Crippen LogP contribution in [0.1, 0.15) is 25.5 Å². The van der Waals surface area contributed by atoms with Gasteiger partial charge in [-0.15, -0.1) is 0 Å². The van der Waals surface area contributed by atoms with E-state index in [2.05, 4.69) is 20.7 Å². The molecule has 0 spiro atoms. The zero-order valence-corrected chi connectivity index (χ0v) is 11.9. The number of benzene rings is 1. The minimum Gasteiger partial charge on any atom is -0.506 e. The lowest BCUT2D eigenvalue weighted by Gasteiger charge is -2.29. The molecule has 1 aromatic carbocycles. The van der Waals surface area contributed by atoms with Gasteiger partial charge in [-0.05, 0) is 41.9 Å². The first-order valence-corrected chi connectivity index (χ1v) is 6.03. The molecular formula is C12H15BrFNO3. The van der Waals surface area contributed by atoms with Crippen molar-refractivity contribution in [1.82, 2.24) is 0 Å². The van der Waals surface area contributed by atoms with E-state index in [-0.39, 0.29) is 11.3 Å². The number of phenols is 1. The Hall–Kier alpha value is -1.14. The summed E-state index contributed by atoms with van der Waals surface area (Å²) in [6.45, 7) is 3.06. The first-order valence-electron chi connectivity index (χ1n) is 5.24. The van der Waals surface area contributed by atoms with E-state index in [9.17, 15) is 14.3 Å². The molecule has 6 heteroatoms. The first kappa shape index (κ1) is 14.9. The largest absolute Gasteiger partial charge is 0.506 e. The number of nitrogens with two attached hydrogens (primary N) is 1. The average Bonchev–Trinajstić information content (AvgIpc) is 2.33. The Morgan fingerprint density at radius 3 is 2.61 bits per heavy atom. The number of rotatable bonds is 3. The molecule has 0 aliphatic carbocycles. The lowest BCUT2D eigenvalue weighted by molar-refractivity contribution is -0.152. The molecule has 0 fully saturated rings. The highest BCUT2D eigenvalue weighted by atomic mass is 79.9. The Morgan fingerprint density at radius 1 is 1.56 bits per heavy atom. The number of methoxy groups -OCH3 is 1. The zero-order chi connectivity index (χ0) is 14.1. The van der Waals surface area contributed by atoms with Gasteiger partial charge in [0.1, 0.15) is 11.6 Å². The van der Waals surface area contributed by atoms with Gasteiger partial charge >= 0.3 is 5.97 Å². The van der Waals surface area contributed by atoms with Gasteiger partial charge in [0.05, 0.1) is 23.0 Å². The van der Waals surface area contributed by atoms with Crippen LogP contribution in [0.25, 0.3) is 0 Å². The third kappa shape index (κ3) is 2.49.